The minimum atomic E-state index is 0.316. The number of rotatable bonds is 4. The Kier molecular flexibility index (Phi) is 3.07. The molecular weight excluding hydrogens is 194 g/mol. The molecule has 0 amide bonds. The van der Waals surface area contributed by atoms with E-state index in [0.717, 1.165) is 18.9 Å². The monoisotopic (exact) mass is 217 g/mol. The summed E-state index contributed by atoms with van der Waals surface area (Å²) < 4.78 is 0. The van der Waals surface area contributed by atoms with E-state index in [9.17, 15) is 0 Å². The van der Waals surface area contributed by atoms with Gasteiger partial charge < -0.3 is 5.73 Å². The lowest BCUT2D eigenvalue weighted by Crippen LogP contribution is -2.32. The van der Waals surface area contributed by atoms with Crippen LogP contribution in [0.25, 0.3) is 0 Å². The smallest absolute Gasteiger partial charge is 0.00173 e. The first-order valence-corrected chi connectivity index (χ1v) is 6.32. The van der Waals surface area contributed by atoms with Gasteiger partial charge in [-0.05, 0) is 67.7 Å². The summed E-state index contributed by atoms with van der Waals surface area (Å²) in [6.45, 7) is 7.60. The predicted octanol–water partition coefficient (Wildman–Crippen LogP) is 3.22. The third kappa shape index (κ3) is 2.15. The SMILES string of the molecule is Cc1cccc(C)c1CC(C)(CN)C1CC1. The molecule has 1 nitrogen and oxygen atoms in total. The molecule has 1 aliphatic carbocycles. The van der Waals surface area contributed by atoms with Gasteiger partial charge in [-0.25, -0.2) is 0 Å². The molecule has 1 aliphatic rings. The molecule has 0 radical (unpaired) electrons. The maximum absolute atomic E-state index is 6.00. The van der Waals surface area contributed by atoms with Gasteiger partial charge >= 0.3 is 0 Å². The lowest BCUT2D eigenvalue weighted by molar-refractivity contribution is 0.281. The molecule has 2 rings (SSSR count). The first-order chi connectivity index (χ1) is 7.57. The third-order valence-electron chi connectivity index (χ3n) is 4.25. The molecule has 1 aromatic rings. The van der Waals surface area contributed by atoms with Crippen LogP contribution in [-0.4, -0.2) is 6.54 Å². The Labute approximate surface area is 99.0 Å². The van der Waals surface area contributed by atoms with E-state index in [1.807, 2.05) is 0 Å². The molecule has 1 fully saturated rings. The maximum atomic E-state index is 6.00. The van der Waals surface area contributed by atoms with E-state index in [1.54, 1.807) is 0 Å². The summed E-state index contributed by atoms with van der Waals surface area (Å²) >= 11 is 0. The van der Waals surface area contributed by atoms with Gasteiger partial charge in [0.2, 0.25) is 0 Å². The second-order valence-corrected chi connectivity index (χ2v) is 5.68. The summed E-state index contributed by atoms with van der Waals surface area (Å²) in [5, 5.41) is 0. The summed E-state index contributed by atoms with van der Waals surface area (Å²) in [7, 11) is 0. The van der Waals surface area contributed by atoms with E-state index in [4.69, 9.17) is 5.73 Å². The van der Waals surface area contributed by atoms with Crippen molar-refractivity contribution in [3.05, 3.63) is 34.9 Å². The minimum Gasteiger partial charge on any atom is -0.330 e. The van der Waals surface area contributed by atoms with Gasteiger partial charge in [0.25, 0.3) is 0 Å². The largest absolute Gasteiger partial charge is 0.330 e. The van der Waals surface area contributed by atoms with Gasteiger partial charge in [-0.2, -0.15) is 0 Å². The van der Waals surface area contributed by atoms with E-state index in [0.29, 0.717) is 5.41 Å². The molecular formula is C15H23N. The predicted molar refractivity (Wildman–Crippen MR) is 69.5 cm³/mol. The van der Waals surface area contributed by atoms with Crippen molar-refractivity contribution in [3.63, 3.8) is 0 Å². The van der Waals surface area contributed by atoms with Gasteiger partial charge in [0.1, 0.15) is 0 Å². The van der Waals surface area contributed by atoms with Gasteiger partial charge in [0.15, 0.2) is 0 Å². The van der Waals surface area contributed by atoms with Gasteiger partial charge in [0.05, 0.1) is 0 Å². The molecule has 0 bridgehead atoms. The van der Waals surface area contributed by atoms with Crippen molar-refractivity contribution in [2.24, 2.45) is 17.1 Å². The number of aryl methyl sites for hydroxylation is 2. The molecule has 1 heteroatoms. The van der Waals surface area contributed by atoms with Crippen LogP contribution < -0.4 is 5.73 Å². The Morgan fingerprint density at radius 1 is 1.25 bits per heavy atom. The highest BCUT2D eigenvalue weighted by atomic mass is 14.6. The van der Waals surface area contributed by atoms with Crippen LogP contribution in [0.3, 0.4) is 0 Å². The second kappa shape index (κ2) is 4.21. The summed E-state index contributed by atoms with van der Waals surface area (Å²) in [6, 6.07) is 6.57. The highest BCUT2D eigenvalue weighted by molar-refractivity contribution is 5.34. The summed E-state index contributed by atoms with van der Waals surface area (Å²) in [6.07, 6.45) is 3.89. The minimum absolute atomic E-state index is 0.316. The van der Waals surface area contributed by atoms with E-state index in [1.165, 1.54) is 29.5 Å². The van der Waals surface area contributed by atoms with Crippen LogP contribution in [0.1, 0.15) is 36.5 Å². The first-order valence-electron chi connectivity index (χ1n) is 6.32. The zero-order chi connectivity index (χ0) is 11.8. The van der Waals surface area contributed by atoms with Gasteiger partial charge in [-0.15, -0.1) is 0 Å². The van der Waals surface area contributed by atoms with Crippen LogP contribution in [0, 0.1) is 25.2 Å². The maximum Gasteiger partial charge on any atom is -0.00173 e. The van der Waals surface area contributed by atoms with E-state index in [2.05, 4.69) is 39.0 Å². The van der Waals surface area contributed by atoms with Crippen LogP contribution in [0.2, 0.25) is 0 Å². The third-order valence-corrected chi connectivity index (χ3v) is 4.25. The Morgan fingerprint density at radius 2 is 1.81 bits per heavy atom. The first kappa shape index (κ1) is 11.7. The fourth-order valence-electron chi connectivity index (χ4n) is 2.70. The Bertz CT molecular complexity index is 359. The summed E-state index contributed by atoms with van der Waals surface area (Å²) in [5.74, 6) is 0.858. The standard InChI is InChI=1S/C15H23N/c1-11-5-4-6-12(2)14(11)9-15(3,10-16)13-7-8-13/h4-6,13H,7-10,16H2,1-3H3. The second-order valence-electron chi connectivity index (χ2n) is 5.68. The average molecular weight is 217 g/mol. The van der Waals surface area contributed by atoms with Gasteiger partial charge in [0, 0.05) is 0 Å². The van der Waals surface area contributed by atoms with Crippen molar-refractivity contribution >= 4 is 0 Å². The van der Waals surface area contributed by atoms with E-state index in [-0.39, 0.29) is 0 Å². The summed E-state index contributed by atoms with van der Waals surface area (Å²) in [5.41, 5.74) is 10.7. The molecule has 1 aromatic carbocycles. The molecule has 1 saturated carbocycles. The van der Waals surface area contributed by atoms with Crippen molar-refractivity contribution in [2.45, 2.75) is 40.0 Å². The van der Waals surface area contributed by atoms with Crippen molar-refractivity contribution in [1.29, 1.82) is 0 Å². The average Bonchev–Trinajstić information content (AvgIpc) is 3.07. The molecule has 0 heterocycles. The Balaban J connectivity index is 2.25. The molecule has 88 valence electrons. The van der Waals surface area contributed by atoms with Crippen LogP contribution in [-0.2, 0) is 6.42 Å². The van der Waals surface area contributed by atoms with Crippen molar-refractivity contribution < 1.29 is 0 Å². The number of benzene rings is 1. The zero-order valence-electron chi connectivity index (χ0n) is 10.7. The Hall–Kier alpha value is -0.820. The molecule has 2 N–H and O–H groups in total. The molecule has 0 aliphatic heterocycles. The quantitative estimate of drug-likeness (QED) is 0.823. The number of hydrogen-bond donors (Lipinski definition) is 1. The normalized spacial score (nSPS) is 19.5. The zero-order valence-corrected chi connectivity index (χ0v) is 10.7. The molecule has 1 unspecified atom stereocenters. The van der Waals surface area contributed by atoms with Crippen LogP contribution >= 0.6 is 0 Å². The van der Waals surface area contributed by atoms with E-state index >= 15 is 0 Å². The molecule has 0 spiro atoms. The molecule has 0 aromatic heterocycles. The van der Waals surface area contributed by atoms with Crippen LogP contribution in [0.4, 0.5) is 0 Å². The molecule has 0 saturated heterocycles. The van der Waals surface area contributed by atoms with Gasteiger partial charge in [-0.1, -0.05) is 25.1 Å². The lowest BCUT2D eigenvalue weighted by Gasteiger charge is -2.29. The van der Waals surface area contributed by atoms with Crippen LogP contribution in [0.15, 0.2) is 18.2 Å². The van der Waals surface area contributed by atoms with Crippen molar-refractivity contribution in [2.75, 3.05) is 6.54 Å². The van der Waals surface area contributed by atoms with E-state index < -0.39 is 0 Å². The highest BCUT2D eigenvalue weighted by Crippen LogP contribution is 2.47. The van der Waals surface area contributed by atoms with Crippen LogP contribution in [0.5, 0.6) is 0 Å². The topological polar surface area (TPSA) is 26.0 Å². The van der Waals surface area contributed by atoms with Crippen molar-refractivity contribution in [1.82, 2.24) is 0 Å². The Morgan fingerprint density at radius 3 is 2.25 bits per heavy atom. The fraction of sp³-hybridized carbons (Fsp3) is 0.600. The number of hydrogen-bond acceptors (Lipinski definition) is 1. The fourth-order valence-corrected chi connectivity index (χ4v) is 2.70. The number of nitrogens with two attached hydrogens (primary N) is 1. The molecule has 16 heavy (non-hydrogen) atoms. The highest BCUT2D eigenvalue weighted by Gasteiger charge is 2.40. The summed E-state index contributed by atoms with van der Waals surface area (Å²) in [4.78, 5) is 0. The van der Waals surface area contributed by atoms with Crippen molar-refractivity contribution in [3.8, 4) is 0 Å². The molecule has 1 atom stereocenters. The lowest BCUT2D eigenvalue weighted by atomic mass is 9.77. The van der Waals surface area contributed by atoms with Gasteiger partial charge in [-0.3, -0.25) is 0 Å².